The van der Waals surface area contributed by atoms with Crippen molar-refractivity contribution in [3.05, 3.63) is 29.2 Å². The molecule has 1 aromatic rings. The lowest BCUT2D eigenvalue weighted by molar-refractivity contribution is 0.0963. The highest BCUT2D eigenvalue weighted by Crippen LogP contribution is 2.20. The maximum Gasteiger partial charge on any atom is 0.254 e. The second-order valence-corrected chi connectivity index (χ2v) is 3.02. The summed E-state index contributed by atoms with van der Waals surface area (Å²) in [4.78, 5) is 15.5. The van der Waals surface area contributed by atoms with Gasteiger partial charge < -0.3 is 16.8 Å². The molecule has 0 radical (unpaired) electrons. The molecule has 0 aliphatic carbocycles. The second kappa shape index (κ2) is 4.45. The summed E-state index contributed by atoms with van der Waals surface area (Å²) in [5.74, 6) is -0.258. The highest BCUT2D eigenvalue weighted by molar-refractivity contribution is 6.00. The van der Waals surface area contributed by atoms with Crippen molar-refractivity contribution in [3.8, 4) is 0 Å². The van der Waals surface area contributed by atoms with Crippen LogP contribution < -0.4 is 16.8 Å². The third-order valence-corrected chi connectivity index (χ3v) is 2.09. The molecule has 0 fully saturated rings. The summed E-state index contributed by atoms with van der Waals surface area (Å²) >= 11 is 0. The molecule has 1 heterocycles. The van der Waals surface area contributed by atoms with E-state index in [0.717, 1.165) is 5.69 Å². The normalized spacial score (nSPS) is 10.5. The van der Waals surface area contributed by atoms with Crippen LogP contribution in [0.25, 0.3) is 6.08 Å². The Balaban J connectivity index is 3.34. The van der Waals surface area contributed by atoms with E-state index in [4.69, 9.17) is 11.5 Å². The zero-order chi connectivity index (χ0) is 11.4. The molecule has 0 saturated heterocycles. The lowest BCUT2D eigenvalue weighted by Crippen LogP contribution is -2.20. The van der Waals surface area contributed by atoms with Gasteiger partial charge in [-0.15, -0.1) is 0 Å². The summed E-state index contributed by atoms with van der Waals surface area (Å²) in [6, 6.07) is 0. The van der Waals surface area contributed by atoms with E-state index >= 15 is 0 Å². The number of hydrogen-bond acceptors (Lipinski definition) is 4. The summed E-state index contributed by atoms with van der Waals surface area (Å²) < 4.78 is 0. The first-order valence-corrected chi connectivity index (χ1v) is 4.47. The number of carbonyl (C=O) groups excluding carboxylic acids is 1. The molecule has 5 nitrogen and oxygen atoms in total. The van der Waals surface area contributed by atoms with Crippen molar-refractivity contribution in [1.29, 1.82) is 0 Å². The summed E-state index contributed by atoms with van der Waals surface area (Å²) in [5.41, 5.74) is 13.3. The van der Waals surface area contributed by atoms with Crippen molar-refractivity contribution >= 4 is 17.7 Å². The first-order chi connectivity index (χ1) is 7.11. The van der Waals surface area contributed by atoms with Gasteiger partial charge in [-0.2, -0.15) is 0 Å². The van der Waals surface area contributed by atoms with Crippen molar-refractivity contribution in [2.45, 2.75) is 6.92 Å². The molecule has 0 saturated carbocycles. The van der Waals surface area contributed by atoms with Crippen LogP contribution in [0.3, 0.4) is 0 Å². The van der Waals surface area contributed by atoms with Crippen molar-refractivity contribution in [3.63, 3.8) is 0 Å². The zero-order valence-corrected chi connectivity index (χ0v) is 8.74. The molecule has 0 spiro atoms. The Kier molecular flexibility index (Phi) is 3.28. The Hall–Kier alpha value is -2.04. The monoisotopic (exact) mass is 206 g/mol. The van der Waals surface area contributed by atoms with Crippen LogP contribution in [0.2, 0.25) is 0 Å². The topological polar surface area (TPSA) is 94.0 Å². The molecule has 0 unspecified atom stereocenters. The Morgan fingerprint density at radius 3 is 2.80 bits per heavy atom. The number of amides is 1. The van der Waals surface area contributed by atoms with Crippen molar-refractivity contribution < 1.29 is 4.79 Å². The Morgan fingerprint density at radius 2 is 2.27 bits per heavy atom. The first-order valence-electron chi connectivity index (χ1n) is 4.47. The van der Waals surface area contributed by atoms with Gasteiger partial charge in [0, 0.05) is 24.5 Å². The largest absolute Gasteiger partial charge is 0.405 e. The molecule has 80 valence electrons. The van der Waals surface area contributed by atoms with E-state index in [0.29, 0.717) is 16.8 Å². The highest BCUT2D eigenvalue weighted by Gasteiger charge is 2.12. The van der Waals surface area contributed by atoms with Gasteiger partial charge in [-0.1, -0.05) is 0 Å². The van der Waals surface area contributed by atoms with Gasteiger partial charge in [0.05, 0.1) is 11.3 Å². The number of pyridine rings is 1. The van der Waals surface area contributed by atoms with E-state index in [1.165, 1.54) is 12.4 Å². The van der Waals surface area contributed by atoms with Crippen LogP contribution in [0.1, 0.15) is 21.6 Å². The molecule has 5 N–H and O–H groups in total. The number of nitrogens with one attached hydrogen (secondary N) is 1. The average Bonchev–Trinajstić information content (AvgIpc) is 2.23. The fourth-order valence-electron chi connectivity index (χ4n) is 1.26. The van der Waals surface area contributed by atoms with Crippen LogP contribution in [-0.4, -0.2) is 17.9 Å². The van der Waals surface area contributed by atoms with E-state index in [-0.39, 0.29) is 5.91 Å². The van der Waals surface area contributed by atoms with Crippen molar-refractivity contribution in [2.75, 3.05) is 12.8 Å². The van der Waals surface area contributed by atoms with E-state index < -0.39 is 0 Å². The van der Waals surface area contributed by atoms with E-state index in [2.05, 4.69) is 10.3 Å². The Labute approximate surface area is 88.2 Å². The third-order valence-electron chi connectivity index (χ3n) is 2.09. The van der Waals surface area contributed by atoms with Gasteiger partial charge in [-0.25, -0.2) is 0 Å². The van der Waals surface area contributed by atoms with E-state index in [9.17, 15) is 4.79 Å². The lowest BCUT2D eigenvalue weighted by Gasteiger charge is -2.09. The molecule has 1 rings (SSSR count). The summed E-state index contributed by atoms with van der Waals surface area (Å²) in [6.45, 7) is 1.80. The van der Waals surface area contributed by atoms with E-state index in [1.54, 1.807) is 20.0 Å². The van der Waals surface area contributed by atoms with Gasteiger partial charge in [0.25, 0.3) is 5.91 Å². The number of nitrogens with two attached hydrogens (primary N) is 2. The zero-order valence-electron chi connectivity index (χ0n) is 8.74. The molecule has 5 heteroatoms. The van der Waals surface area contributed by atoms with Gasteiger partial charge in [0.1, 0.15) is 0 Å². The number of anilines is 1. The second-order valence-electron chi connectivity index (χ2n) is 3.02. The van der Waals surface area contributed by atoms with Crippen LogP contribution in [0, 0.1) is 6.92 Å². The molecule has 15 heavy (non-hydrogen) atoms. The number of nitrogens with zero attached hydrogens (tertiary/aromatic N) is 1. The van der Waals surface area contributed by atoms with Crippen molar-refractivity contribution in [1.82, 2.24) is 10.3 Å². The minimum absolute atomic E-state index is 0.258. The number of aryl methyl sites for hydroxylation is 1. The number of nitrogen functional groups attached to an aromatic ring is 1. The lowest BCUT2D eigenvalue weighted by atomic mass is 10.1. The molecule has 1 amide bonds. The fourth-order valence-corrected chi connectivity index (χ4v) is 1.26. The molecule has 0 bridgehead atoms. The molecular formula is C10H14N4O. The molecule has 0 atom stereocenters. The Bertz CT molecular complexity index is 412. The van der Waals surface area contributed by atoms with Gasteiger partial charge in [-0.3, -0.25) is 9.78 Å². The molecule has 0 aliphatic rings. The SMILES string of the molecule is CNC(=O)c1cnc(C)c(/C=C\N)c1N. The molecule has 1 aromatic heterocycles. The van der Waals surface area contributed by atoms with Crippen molar-refractivity contribution in [2.24, 2.45) is 5.73 Å². The minimum atomic E-state index is -0.258. The summed E-state index contributed by atoms with van der Waals surface area (Å²) in [7, 11) is 1.54. The smallest absolute Gasteiger partial charge is 0.254 e. The van der Waals surface area contributed by atoms with Gasteiger partial charge >= 0.3 is 0 Å². The maximum absolute atomic E-state index is 11.4. The van der Waals surface area contributed by atoms with Gasteiger partial charge in [0.15, 0.2) is 0 Å². The molecule has 0 aliphatic heterocycles. The highest BCUT2D eigenvalue weighted by atomic mass is 16.1. The average molecular weight is 206 g/mol. The summed E-state index contributed by atoms with van der Waals surface area (Å²) in [5, 5.41) is 2.50. The number of rotatable bonds is 2. The van der Waals surface area contributed by atoms with Gasteiger partial charge in [0.2, 0.25) is 0 Å². The predicted octanol–water partition coefficient (Wildman–Crippen LogP) is 0.261. The van der Waals surface area contributed by atoms with Crippen LogP contribution in [0.5, 0.6) is 0 Å². The van der Waals surface area contributed by atoms with Crippen LogP contribution in [0.15, 0.2) is 12.4 Å². The predicted molar refractivity (Wildman–Crippen MR) is 60.0 cm³/mol. The fraction of sp³-hybridized carbons (Fsp3) is 0.200. The van der Waals surface area contributed by atoms with Crippen LogP contribution in [-0.2, 0) is 0 Å². The maximum atomic E-state index is 11.4. The molecular weight excluding hydrogens is 192 g/mol. The quantitative estimate of drug-likeness (QED) is 0.647. The Morgan fingerprint density at radius 1 is 1.60 bits per heavy atom. The molecule has 0 aromatic carbocycles. The standard InChI is InChI=1S/C10H14N4O/c1-6-7(3-4-11)9(12)8(5-14-6)10(15)13-2/h3-5H,11H2,1-2H3,(H2,12,14)(H,13,15)/b4-3-. The van der Waals surface area contributed by atoms with Crippen LogP contribution in [0.4, 0.5) is 5.69 Å². The third kappa shape index (κ3) is 2.07. The first kappa shape index (κ1) is 11.0. The summed E-state index contributed by atoms with van der Waals surface area (Å²) in [6.07, 6.45) is 4.45. The number of hydrogen-bond donors (Lipinski definition) is 3. The van der Waals surface area contributed by atoms with E-state index in [1.807, 2.05) is 0 Å². The van der Waals surface area contributed by atoms with Crippen LogP contribution >= 0.6 is 0 Å². The number of carbonyl (C=O) groups is 1. The number of aromatic nitrogens is 1. The minimum Gasteiger partial charge on any atom is -0.405 e. The van der Waals surface area contributed by atoms with Gasteiger partial charge in [-0.05, 0) is 19.2 Å².